The quantitative estimate of drug-likeness (QED) is 0.477. The number of rotatable bonds is 6. The van der Waals surface area contributed by atoms with Crippen LogP contribution in [-0.2, 0) is 4.79 Å². The zero-order chi connectivity index (χ0) is 19.6. The number of halogens is 1. The molecule has 3 rings (SSSR count). The summed E-state index contributed by atoms with van der Waals surface area (Å²) in [5, 5.41) is 13.0. The SMILES string of the molecule is O=C(CCCN1C(=O)c2ccccc2C1=O)Nc1cc([N+](=O)[O-])ccc1F. The maximum absolute atomic E-state index is 13.7. The van der Waals surface area contributed by atoms with Crippen molar-refractivity contribution in [1.29, 1.82) is 0 Å². The second kappa shape index (κ2) is 7.32. The van der Waals surface area contributed by atoms with Gasteiger partial charge in [0, 0.05) is 25.1 Å². The Morgan fingerprint density at radius 1 is 1.11 bits per heavy atom. The van der Waals surface area contributed by atoms with E-state index in [2.05, 4.69) is 5.32 Å². The van der Waals surface area contributed by atoms with Crippen LogP contribution in [0.25, 0.3) is 0 Å². The molecule has 2 aromatic rings. The van der Waals surface area contributed by atoms with Crippen molar-refractivity contribution in [2.45, 2.75) is 12.8 Å². The first-order valence-corrected chi connectivity index (χ1v) is 8.07. The minimum absolute atomic E-state index is 0.0389. The summed E-state index contributed by atoms with van der Waals surface area (Å²) in [4.78, 5) is 47.5. The van der Waals surface area contributed by atoms with Gasteiger partial charge in [-0.05, 0) is 24.6 Å². The average Bonchev–Trinajstić information content (AvgIpc) is 2.88. The highest BCUT2D eigenvalue weighted by molar-refractivity contribution is 6.21. The van der Waals surface area contributed by atoms with Crippen molar-refractivity contribution in [3.05, 3.63) is 69.5 Å². The number of non-ortho nitro benzene ring substituents is 1. The molecule has 0 radical (unpaired) electrons. The Kier molecular flexibility index (Phi) is 4.93. The van der Waals surface area contributed by atoms with Crippen molar-refractivity contribution in [2.75, 3.05) is 11.9 Å². The topological polar surface area (TPSA) is 110 Å². The molecule has 0 aromatic heterocycles. The monoisotopic (exact) mass is 371 g/mol. The van der Waals surface area contributed by atoms with Crippen LogP contribution in [0.15, 0.2) is 42.5 Å². The van der Waals surface area contributed by atoms with E-state index in [0.29, 0.717) is 11.1 Å². The summed E-state index contributed by atoms with van der Waals surface area (Å²) < 4.78 is 13.7. The summed E-state index contributed by atoms with van der Waals surface area (Å²) in [5.41, 5.74) is 0.00360. The number of nitrogens with one attached hydrogen (secondary N) is 1. The molecular weight excluding hydrogens is 357 g/mol. The van der Waals surface area contributed by atoms with Crippen LogP contribution in [0.5, 0.6) is 0 Å². The van der Waals surface area contributed by atoms with E-state index in [1.165, 1.54) is 0 Å². The van der Waals surface area contributed by atoms with Crippen LogP contribution in [-0.4, -0.2) is 34.1 Å². The van der Waals surface area contributed by atoms with Crippen molar-refractivity contribution >= 4 is 29.1 Å². The van der Waals surface area contributed by atoms with Crippen molar-refractivity contribution < 1.29 is 23.7 Å². The van der Waals surface area contributed by atoms with Crippen molar-refractivity contribution in [3.8, 4) is 0 Å². The number of carbonyl (C=O) groups excluding carboxylic acids is 3. The number of imide groups is 1. The predicted octanol–water partition coefficient (Wildman–Crippen LogP) is 2.75. The smallest absolute Gasteiger partial charge is 0.271 e. The number of nitro benzene ring substituents is 1. The first-order valence-electron chi connectivity index (χ1n) is 8.07. The van der Waals surface area contributed by atoms with Crippen molar-refractivity contribution in [2.24, 2.45) is 0 Å². The van der Waals surface area contributed by atoms with Crippen LogP contribution in [0.2, 0.25) is 0 Å². The fourth-order valence-electron chi connectivity index (χ4n) is 2.78. The molecule has 9 heteroatoms. The van der Waals surface area contributed by atoms with Gasteiger partial charge in [-0.2, -0.15) is 0 Å². The largest absolute Gasteiger partial charge is 0.323 e. The van der Waals surface area contributed by atoms with E-state index >= 15 is 0 Å². The average molecular weight is 371 g/mol. The maximum atomic E-state index is 13.7. The highest BCUT2D eigenvalue weighted by atomic mass is 19.1. The number of anilines is 1. The van der Waals surface area contributed by atoms with Gasteiger partial charge >= 0.3 is 0 Å². The van der Waals surface area contributed by atoms with E-state index in [9.17, 15) is 28.9 Å². The van der Waals surface area contributed by atoms with Crippen LogP contribution in [0.1, 0.15) is 33.6 Å². The second-order valence-corrected chi connectivity index (χ2v) is 5.88. The van der Waals surface area contributed by atoms with Crippen LogP contribution < -0.4 is 5.32 Å². The summed E-state index contributed by atoms with van der Waals surface area (Å²) >= 11 is 0. The van der Waals surface area contributed by atoms with Gasteiger partial charge in [-0.1, -0.05) is 12.1 Å². The molecule has 0 bridgehead atoms. The van der Waals surface area contributed by atoms with E-state index in [-0.39, 0.29) is 30.8 Å². The summed E-state index contributed by atoms with van der Waals surface area (Å²) in [6.45, 7) is 0.0389. The molecule has 0 saturated carbocycles. The highest BCUT2D eigenvalue weighted by Gasteiger charge is 2.34. The van der Waals surface area contributed by atoms with Crippen molar-refractivity contribution in [3.63, 3.8) is 0 Å². The Labute approximate surface area is 152 Å². The third-order valence-corrected chi connectivity index (χ3v) is 4.10. The Morgan fingerprint density at radius 3 is 2.33 bits per heavy atom. The van der Waals surface area contributed by atoms with E-state index in [1.807, 2.05) is 0 Å². The molecule has 2 aromatic carbocycles. The lowest BCUT2D eigenvalue weighted by Gasteiger charge is -2.13. The van der Waals surface area contributed by atoms with Gasteiger partial charge in [0.2, 0.25) is 5.91 Å². The van der Waals surface area contributed by atoms with Gasteiger partial charge in [0.1, 0.15) is 5.82 Å². The van der Waals surface area contributed by atoms with Crippen LogP contribution in [0.4, 0.5) is 15.8 Å². The lowest BCUT2D eigenvalue weighted by Crippen LogP contribution is -2.31. The molecule has 0 fully saturated rings. The van der Waals surface area contributed by atoms with E-state index in [0.717, 1.165) is 23.1 Å². The third-order valence-electron chi connectivity index (χ3n) is 4.10. The molecule has 1 aliphatic rings. The van der Waals surface area contributed by atoms with Gasteiger partial charge in [-0.3, -0.25) is 29.4 Å². The molecule has 0 spiro atoms. The first-order chi connectivity index (χ1) is 12.9. The molecule has 0 saturated heterocycles. The zero-order valence-corrected chi connectivity index (χ0v) is 14.0. The van der Waals surface area contributed by atoms with Gasteiger partial charge in [0.15, 0.2) is 0 Å². The van der Waals surface area contributed by atoms with Crippen molar-refractivity contribution in [1.82, 2.24) is 4.90 Å². The lowest BCUT2D eigenvalue weighted by molar-refractivity contribution is -0.384. The molecule has 0 unspecified atom stereocenters. The van der Waals surface area contributed by atoms with Gasteiger partial charge < -0.3 is 5.32 Å². The number of fused-ring (bicyclic) bond motifs is 1. The number of benzene rings is 2. The summed E-state index contributed by atoms with van der Waals surface area (Å²) in [7, 11) is 0. The van der Waals surface area contributed by atoms with Crippen LogP contribution >= 0.6 is 0 Å². The Bertz CT molecular complexity index is 925. The van der Waals surface area contributed by atoms with E-state index in [1.54, 1.807) is 24.3 Å². The first kappa shape index (κ1) is 18.2. The Balaban J connectivity index is 1.57. The number of hydrogen-bond acceptors (Lipinski definition) is 5. The Hall–Kier alpha value is -3.62. The van der Waals surface area contributed by atoms with Crippen LogP contribution in [0, 0.1) is 15.9 Å². The normalized spacial score (nSPS) is 12.9. The molecule has 0 aliphatic carbocycles. The number of carbonyl (C=O) groups is 3. The highest BCUT2D eigenvalue weighted by Crippen LogP contribution is 2.23. The maximum Gasteiger partial charge on any atom is 0.271 e. The zero-order valence-electron chi connectivity index (χ0n) is 14.0. The standard InChI is InChI=1S/C18H14FN3O5/c19-14-8-7-11(22(26)27)10-15(14)20-16(23)6-3-9-21-17(24)12-4-1-2-5-13(12)18(21)25/h1-2,4-5,7-8,10H,3,6,9H2,(H,20,23). The third kappa shape index (κ3) is 3.66. The predicted molar refractivity (Wildman–Crippen MR) is 92.7 cm³/mol. The number of amides is 3. The molecule has 0 atom stereocenters. The number of nitrogens with zero attached hydrogens (tertiary/aromatic N) is 2. The summed E-state index contributed by atoms with van der Waals surface area (Å²) in [5.74, 6) is -2.21. The fraction of sp³-hybridized carbons (Fsp3) is 0.167. The molecular formula is C18H14FN3O5. The molecule has 3 amide bonds. The van der Waals surface area contributed by atoms with Crippen LogP contribution in [0.3, 0.4) is 0 Å². The van der Waals surface area contributed by atoms with Gasteiger partial charge in [0.05, 0.1) is 21.7 Å². The Morgan fingerprint density at radius 2 is 1.74 bits per heavy atom. The molecule has 1 aliphatic heterocycles. The molecule has 1 N–H and O–H groups in total. The van der Waals surface area contributed by atoms with Gasteiger partial charge in [-0.15, -0.1) is 0 Å². The number of nitro groups is 1. The second-order valence-electron chi connectivity index (χ2n) is 5.88. The number of hydrogen-bond donors (Lipinski definition) is 1. The molecule has 8 nitrogen and oxygen atoms in total. The molecule has 27 heavy (non-hydrogen) atoms. The summed E-state index contributed by atoms with van der Waals surface area (Å²) in [6, 6.07) is 9.26. The lowest BCUT2D eigenvalue weighted by atomic mass is 10.1. The molecule has 1 heterocycles. The summed E-state index contributed by atoms with van der Waals surface area (Å²) in [6.07, 6.45) is 0.0867. The minimum atomic E-state index is -0.797. The van der Waals surface area contributed by atoms with Gasteiger partial charge in [-0.25, -0.2) is 4.39 Å². The van der Waals surface area contributed by atoms with E-state index in [4.69, 9.17) is 0 Å². The van der Waals surface area contributed by atoms with Gasteiger partial charge in [0.25, 0.3) is 17.5 Å². The fourth-order valence-corrected chi connectivity index (χ4v) is 2.78. The minimum Gasteiger partial charge on any atom is -0.323 e. The van der Waals surface area contributed by atoms with E-state index < -0.39 is 28.5 Å². The molecule has 138 valence electrons.